The van der Waals surface area contributed by atoms with Crippen LogP contribution in [-0.2, 0) is 13.0 Å². The lowest BCUT2D eigenvalue weighted by Gasteiger charge is -2.28. The van der Waals surface area contributed by atoms with Crippen LogP contribution in [0.2, 0.25) is 0 Å². The van der Waals surface area contributed by atoms with Crippen molar-refractivity contribution < 1.29 is 9.53 Å². The first-order valence-electron chi connectivity index (χ1n) is 7.09. The number of aromatic nitrogens is 2. The van der Waals surface area contributed by atoms with Crippen molar-refractivity contribution in [3.05, 3.63) is 53.5 Å². The molecular weight excluding hydrogens is 266 g/mol. The average Bonchev–Trinajstić information content (AvgIpc) is 2.55. The largest absolute Gasteiger partial charge is 0.478 e. The van der Waals surface area contributed by atoms with E-state index in [-0.39, 0.29) is 5.91 Å². The topological polar surface area (TPSA) is 55.3 Å². The fourth-order valence-electron chi connectivity index (χ4n) is 2.47. The highest BCUT2D eigenvalue weighted by Crippen LogP contribution is 2.21. The average molecular weight is 283 g/mol. The Labute approximate surface area is 123 Å². The van der Waals surface area contributed by atoms with Crippen LogP contribution in [0.5, 0.6) is 5.88 Å². The van der Waals surface area contributed by atoms with Gasteiger partial charge in [0.25, 0.3) is 5.91 Å². The molecular formula is C16H17N3O2. The van der Waals surface area contributed by atoms with E-state index in [1.165, 1.54) is 0 Å². The van der Waals surface area contributed by atoms with Crippen LogP contribution in [0.25, 0.3) is 0 Å². The summed E-state index contributed by atoms with van der Waals surface area (Å²) in [7, 11) is 0. The molecule has 0 aliphatic carbocycles. The lowest BCUT2D eigenvalue weighted by Crippen LogP contribution is -2.36. The monoisotopic (exact) mass is 283 g/mol. The second-order valence-electron chi connectivity index (χ2n) is 4.90. The fourth-order valence-corrected chi connectivity index (χ4v) is 2.47. The molecule has 0 saturated heterocycles. The first-order valence-corrected chi connectivity index (χ1v) is 7.09. The smallest absolute Gasteiger partial charge is 0.254 e. The van der Waals surface area contributed by atoms with Gasteiger partial charge in [-0.3, -0.25) is 9.78 Å². The van der Waals surface area contributed by atoms with Crippen LogP contribution in [0.1, 0.15) is 28.5 Å². The van der Waals surface area contributed by atoms with E-state index < -0.39 is 0 Å². The summed E-state index contributed by atoms with van der Waals surface area (Å²) in [6.07, 6.45) is 4.04. The summed E-state index contributed by atoms with van der Waals surface area (Å²) >= 11 is 0. The summed E-state index contributed by atoms with van der Waals surface area (Å²) < 4.78 is 5.42. The van der Waals surface area contributed by atoms with Gasteiger partial charge in [0.2, 0.25) is 5.88 Å². The van der Waals surface area contributed by atoms with E-state index in [0.717, 1.165) is 17.7 Å². The zero-order valence-electron chi connectivity index (χ0n) is 12.0. The minimum absolute atomic E-state index is 0.0388. The van der Waals surface area contributed by atoms with Crippen LogP contribution < -0.4 is 4.74 Å². The van der Waals surface area contributed by atoms with Crippen LogP contribution in [0.15, 0.2) is 36.7 Å². The third-order valence-electron chi connectivity index (χ3n) is 3.53. The number of hydrogen-bond donors (Lipinski definition) is 0. The minimum atomic E-state index is 0.0388. The number of carbonyl (C=O) groups is 1. The van der Waals surface area contributed by atoms with Gasteiger partial charge in [0, 0.05) is 43.5 Å². The maximum absolute atomic E-state index is 12.4. The van der Waals surface area contributed by atoms with Crippen molar-refractivity contribution in [2.24, 2.45) is 0 Å². The molecule has 0 radical (unpaired) electrons. The zero-order valence-corrected chi connectivity index (χ0v) is 12.0. The van der Waals surface area contributed by atoms with E-state index in [1.54, 1.807) is 24.5 Å². The second kappa shape index (κ2) is 5.91. The number of nitrogens with zero attached hydrogens (tertiary/aromatic N) is 3. The number of fused-ring (bicyclic) bond motifs is 1. The van der Waals surface area contributed by atoms with Gasteiger partial charge in [-0.2, -0.15) is 0 Å². The normalized spacial score (nSPS) is 13.7. The Kier molecular flexibility index (Phi) is 3.81. The second-order valence-corrected chi connectivity index (χ2v) is 4.90. The van der Waals surface area contributed by atoms with Crippen molar-refractivity contribution in [2.45, 2.75) is 19.9 Å². The summed E-state index contributed by atoms with van der Waals surface area (Å²) in [6.45, 7) is 3.82. The predicted octanol–water partition coefficient (Wildman–Crippen LogP) is 2.07. The lowest BCUT2D eigenvalue weighted by molar-refractivity contribution is 0.0733. The van der Waals surface area contributed by atoms with E-state index in [1.807, 2.05) is 24.0 Å². The Balaban J connectivity index is 1.77. The highest BCUT2D eigenvalue weighted by molar-refractivity contribution is 5.94. The van der Waals surface area contributed by atoms with Crippen molar-refractivity contribution in [1.82, 2.24) is 14.9 Å². The summed E-state index contributed by atoms with van der Waals surface area (Å²) in [5.41, 5.74) is 2.79. The van der Waals surface area contributed by atoms with E-state index in [9.17, 15) is 4.79 Å². The molecule has 1 amide bonds. The van der Waals surface area contributed by atoms with Gasteiger partial charge in [0.1, 0.15) is 0 Å². The zero-order chi connectivity index (χ0) is 14.7. The van der Waals surface area contributed by atoms with Gasteiger partial charge in [-0.25, -0.2) is 4.98 Å². The van der Waals surface area contributed by atoms with Gasteiger partial charge < -0.3 is 9.64 Å². The van der Waals surface area contributed by atoms with Crippen molar-refractivity contribution in [3.63, 3.8) is 0 Å². The highest BCUT2D eigenvalue weighted by atomic mass is 16.5. The molecule has 5 nitrogen and oxygen atoms in total. The first-order chi connectivity index (χ1) is 10.3. The Morgan fingerprint density at radius 3 is 2.86 bits per heavy atom. The molecule has 5 heteroatoms. The Morgan fingerprint density at radius 2 is 2.10 bits per heavy atom. The molecule has 0 N–H and O–H groups in total. The van der Waals surface area contributed by atoms with Gasteiger partial charge >= 0.3 is 0 Å². The molecule has 0 bridgehead atoms. The third-order valence-corrected chi connectivity index (χ3v) is 3.53. The summed E-state index contributed by atoms with van der Waals surface area (Å²) in [5.74, 6) is 0.696. The van der Waals surface area contributed by atoms with E-state index in [2.05, 4.69) is 9.97 Å². The molecule has 0 spiro atoms. The van der Waals surface area contributed by atoms with Crippen LogP contribution in [0.3, 0.4) is 0 Å². The van der Waals surface area contributed by atoms with E-state index in [0.29, 0.717) is 31.1 Å². The number of rotatable bonds is 3. The highest BCUT2D eigenvalue weighted by Gasteiger charge is 2.22. The molecule has 3 rings (SSSR count). The maximum Gasteiger partial charge on any atom is 0.254 e. The van der Waals surface area contributed by atoms with Crippen molar-refractivity contribution in [2.75, 3.05) is 13.2 Å². The Bertz CT molecular complexity index is 643. The molecule has 0 aromatic carbocycles. The van der Waals surface area contributed by atoms with Gasteiger partial charge in [-0.05, 0) is 24.6 Å². The standard InChI is InChI=1S/C16H17N3O2/c1-2-21-15-4-3-13-11-19(10-7-14(13)18-15)16(20)12-5-8-17-9-6-12/h3-6,8-9H,2,7,10-11H2,1H3. The van der Waals surface area contributed by atoms with Crippen molar-refractivity contribution >= 4 is 5.91 Å². The summed E-state index contributed by atoms with van der Waals surface area (Å²) in [6, 6.07) is 7.35. The maximum atomic E-state index is 12.4. The SMILES string of the molecule is CCOc1ccc2c(n1)CCN(C(=O)c1ccncc1)C2. The molecule has 0 unspecified atom stereocenters. The van der Waals surface area contributed by atoms with Crippen LogP contribution in [0.4, 0.5) is 0 Å². The molecule has 1 aliphatic heterocycles. The molecule has 1 aliphatic rings. The summed E-state index contributed by atoms with van der Waals surface area (Å²) in [5, 5.41) is 0. The lowest BCUT2D eigenvalue weighted by atomic mass is 10.0. The van der Waals surface area contributed by atoms with Gasteiger partial charge in [-0.1, -0.05) is 6.07 Å². The number of pyridine rings is 2. The molecule has 0 atom stereocenters. The summed E-state index contributed by atoms with van der Waals surface area (Å²) in [4.78, 5) is 22.7. The number of carbonyl (C=O) groups excluding carboxylic acids is 1. The van der Waals surface area contributed by atoms with Crippen LogP contribution in [0, 0.1) is 0 Å². The fraction of sp³-hybridized carbons (Fsp3) is 0.312. The predicted molar refractivity (Wildman–Crippen MR) is 78.1 cm³/mol. The van der Waals surface area contributed by atoms with Crippen molar-refractivity contribution in [1.29, 1.82) is 0 Å². The third kappa shape index (κ3) is 2.86. The molecule has 0 saturated carbocycles. The molecule has 108 valence electrons. The number of hydrogen-bond acceptors (Lipinski definition) is 4. The van der Waals surface area contributed by atoms with Gasteiger partial charge in [0.15, 0.2) is 0 Å². The van der Waals surface area contributed by atoms with E-state index in [4.69, 9.17) is 4.74 Å². The van der Waals surface area contributed by atoms with Crippen LogP contribution in [-0.4, -0.2) is 33.9 Å². The first kappa shape index (κ1) is 13.5. The molecule has 21 heavy (non-hydrogen) atoms. The minimum Gasteiger partial charge on any atom is -0.478 e. The molecule has 3 heterocycles. The number of ether oxygens (including phenoxy) is 1. The van der Waals surface area contributed by atoms with Crippen LogP contribution >= 0.6 is 0 Å². The van der Waals surface area contributed by atoms with E-state index >= 15 is 0 Å². The Hall–Kier alpha value is -2.43. The molecule has 2 aromatic rings. The van der Waals surface area contributed by atoms with Gasteiger partial charge in [0.05, 0.1) is 12.3 Å². The van der Waals surface area contributed by atoms with Crippen molar-refractivity contribution in [3.8, 4) is 5.88 Å². The quantitative estimate of drug-likeness (QED) is 0.865. The Morgan fingerprint density at radius 1 is 1.29 bits per heavy atom. The van der Waals surface area contributed by atoms with Gasteiger partial charge in [-0.15, -0.1) is 0 Å². The molecule has 2 aromatic heterocycles. The number of amides is 1. The molecule has 0 fully saturated rings.